The molecule has 3 rings (SSSR count). The Morgan fingerprint density at radius 3 is 3.21 bits per heavy atom. The fourth-order valence-corrected chi connectivity index (χ4v) is 2.03. The summed E-state index contributed by atoms with van der Waals surface area (Å²) in [6.07, 6.45) is 7.55. The molecule has 0 aromatic heterocycles. The molecular formula is C12H12N2. The summed E-state index contributed by atoms with van der Waals surface area (Å²) < 4.78 is 0. The van der Waals surface area contributed by atoms with Gasteiger partial charge in [0, 0.05) is 12.8 Å². The molecule has 0 aliphatic carbocycles. The van der Waals surface area contributed by atoms with Crippen molar-refractivity contribution in [1.29, 1.82) is 0 Å². The summed E-state index contributed by atoms with van der Waals surface area (Å²) in [7, 11) is 0. The van der Waals surface area contributed by atoms with Crippen LogP contribution in [0.1, 0.15) is 12.0 Å². The average molecular weight is 184 g/mol. The SMILES string of the molecule is C1=CN2Cc3ccccc3N=CC2C1. The van der Waals surface area contributed by atoms with Gasteiger partial charge >= 0.3 is 0 Å². The minimum absolute atomic E-state index is 0.474. The second-order valence-corrected chi connectivity index (χ2v) is 3.77. The van der Waals surface area contributed by atoms with E-state index < -0.39 is 0 Å². The van der Waals surface area contributed by atoms with E-state index in [-0.39, 0.29) is 0 Å². The van der Waals surface area contributed by atoms with Gasteiger partial charge in [-0.2, -0.15) is 0 Å². The third-order valence-electron chi connectivity index (χ3n) is 2.83. The van der Waals surface area contributed by atoms with Gasteiger partial charge in [-0.3, -0.25) is 4.99 Å². The molecule has 2 aliphatic rings. The topological polar surface area (TPSA) is 15.6 Å². The molecule has 1 aromatic carbocycles. The van der Waals surface area contributed by atoms with Gasteiger partial charge < -0.3 is 4.90 Å². The summed E-state index contributed by atoms with van der Waals surface area (Å²) in [5.41, 5.74) is 2.44. The molecule has 0 fully saturated rings. The summed E-state index contributed by atoms with van der Waals surface area (Å²) in [5, 5.41) is 0. The van der Waals surface area contributed by atoms with Crippen LogP contribution in [0.5, 0.6) is 0 Å². The molecule has 0 N–H and O–H groups in total. The Hall–Kier alpha value is -1.57. The number of hydrogen-bond acceptors (Lipinski definition) is 2. The molecule has 2 heteroatoms. The molecule has 1 aromatic rings. The Labute approximate surface area is 83.6 Å². The second kappa shape index (κ2) is 2.98. The third kappa shape index (κ3) is 1.15. The maximum Gasteiger partial charge on any atom is 0.0677 e. The van der Waals surface area contributed by atoms with Crippen molar-refractivity contribution in [2.75, 3.05) is 0 Å². The first-order valence-electron chi connectivity index (χ1n) is 4.98. The molecule has 0 saturated heterocycles. The molecule has 14 heavy (non-hydrogen) atoms. The minimum atomic E-state index is 0.474. The summed E-state index contributed by atoms with van der Waals surface area (Å²) in [4.78, 5) is 6.87. The Kier molecular flexibility index (Phi) is 1.66. The van der Waals surface area contributed by atoms with Gasteiger partial charge in [0.05, 0.1) is 11.7 Å². The number of rotatable bonds is 0. The zero-order valence-electron chi connectivity index (χ0n) is 7.93. The summed E-state index contributed by atoms with van der Waals surface area (Å²) in [5.74, 6) is 0. The molecular weight excluding hydrogens is 172 g/mol. The van der Waals surface area contributed by atoms with E-state index in [1.54, 1.807) is 0 Å². The Morgan fingerprint density at radius 1 is 1.29 bits per heavy atom. The zero-order valence-corrected chi connectivity index (χ0v) is 7.93. The number of fused-ring (bicyclic) bond motifs is 2. The van der Waals surface area contributed by atoms with Gasteiger partial charge in [-0.05, 0) is 24.3 Å². The van der Waals surface area contributed by atoms with Gasteiger partial charge in [0.25, 0.3) is 0 Å². The van der Waals surface area contributed by atoms with E-state index in [1.165, 1.54) is 5.56 Å². The third-order valence-corrected chi connectivity index (χ3v) is 2.83. The largest absolute Gasteiger partial charge is 0.365 e. The van der Waals surface area contributed by atoms with Crippen molar-refractivity contribution in [1.82, 2.24) is 4.90 Å². The number of aliphatic imine (C=N–C) groups is 1. The smallest absolute Gasteiger partial charge is 0.0677 e. The van der Waals surface area contributed by atoms with Crippen LogP contribution >= 0.6 is 0 Å². The summed E-state index contributed by atoms with van der Waals surface area (Å²) in [6, 6.07) is 8.83. The second-order valence-electron chi connectivity index (χ2n) is 3.77. The highest BCUT2D eigenvalue weighted by molar-refractivity contribution is 5.72. The fraction of sp³-hybridized carbons (Fsp3) is 0.250. The summed E-state index contributed by atoms with van der Waals surface area (Å²) in [6.45, 7) is 0.983. The highest BCUT2D eigenvalue weighted by Gasteiger charge is 2.20. The van der Waals surface area contributed by atoms with Crippen LogP contribution in [0.15, 0.2) is 41.5 Å². The van der Waals surface area contributed by atoms with Gasteiger partial charge in [0.1, 0.15) is 0 Å². The van der Waals surface area contributed by atoms with Crippen molar-refractivity contribution in [3.8, 4) is 0 Å². The van der Waals surface area contributed by atoms with E-state index in [9.17, 15) is 0 Å². The number of benzene rings is 1. The lowest BCUT2D eigenvalue weighted by Gasteiger charge is -2.20. The van der Waals surface area contributed by atoms with Crippen molar-refractivity contribution in [2.24, 2.45) is 4.99 Å². The molecule has 2 aliphatic heterocycles. The van der Waals surface area contributed by atoms with Crippen LogP contribution in [-0.4, -0.2) is 17.2 Å². The monoisotopic (exact) mass is 184 g/mol. The van der Waals surface area contributed by atoms with Crippen LogP contribution in [0.2, 0.25) is 0 Å². The minimum Gasteiger partial charge on any atom is -0.365 e. The van der Waals surface area contributed by atoms with Crippen molar-refractivity contribution in [2.45, 2.75) is 19.0 Å². The van der Waals surface area contributed by atoms with Crippen LogP contribution < -0.4 is 0 Å². The molecule has 2 nitrogen and oxygen atoms in total. The Morgan fingerprint density at radius 2 is 2.21 bits per heavy atom. The standard InChI is InChI=1S/C12H12N2/c1-2-6-12-10(4-1)9-14-7-3-5-11(14)8-13-12/h1-4,6-8,11H,5,9H2. The van der Waals surface area contributed by atoms with Crippen molar-refractivity contribution in [3.05, 3.63) is 42.1 Å². The quantitative estimate of drug-likeness (QED) is 0.604. The fourth-order valence-electron chi connectivity index (χ4n) is 2.03. The molecule has 0 saturated carbocycles. The van der Waals surface area contributed by atoms with E-state index in [2.05, 4.69) is 46.6 Å². The maximum atomic E-state index is 4.52. The lowest BCUT2D eigenvalue weighted by atomic mass is 10.2. The first-order valence-corrected chi connectivity index (χ1v) is 4.98. The van der Waals surface area contributed by atoms with E-state index in [4.69, 9.17) is 0 Å². The van der Waals surface area contributed by atoms with Gasteiger partial charge in [-0.1, -0.05) is 24.3 Å². The average Bonchev–Trinajstić information content (AvgIpc) is 2.58. The molecule has 70 valence electrons. The predicted molar refractivity (Wildman–Crippen MR) is 57.7 cm³/mol. The summed E-state index contributed by atoms with van der Waals surface area (Å²) >= 11 is 0. The molecule has 2 heterocycles. The lowest BCUT2D eigenvalue weighted by molar-refractivity contribution is 0.361. The molecule has 0 radical (unpaired) electrons. The first kappa shape index (κ1) is 7.80. The molecule has 0 amide bonds. The van der Waals surface area contributed by atoms with Gasteiger partial charge in [0.15, 0.2) is 0 Å². The Bertz CT molecular complexity index is 407. The van der Waals surface area contributed by atoms with E-state index in [0.29, 0.717) is 6.04 Å². The maximum absolute atomic E-state index is 4.52. The van der Waals surface area contributed by atoms with E-state index in [1.807, 2.05) is 6.07 Å². The predicted octanol–water partition coefficient (Wildman–Crippen LogP) is 2.49. The van der Waals surface area contributed by atoms with Crippen molar-refractivity contribution >= 4 is 11.9 Å². The van der Waals surface area contributed by atoms with Crippen LogP contribution in [0.25, 0.3) is 0 Å². The van der Waals surface area contributed by atoms with Crippen LogP contribution in [0.4, 0.5) is 5.69 Å². The highest BCUT2D eigenvalue weighted by atomic mass is 15.2. The van der Waals surface area contributed by atoms with Crippen molar-refractivity contribution in [3.63, 3.8) is 0 Å². The zero-order chi connectivity index (χ0) is 9.38. The molecule has 0 spiro atoms. The van der Waals surface area contributed by atoms with Gasteiger partial charge in [-0.15, -0.1) is 0 Å². The first-order chi connectivity index (χ1) is 6.93. The number of nitrogens with zero attached hydrogens (tertiary/aromatic N) is 2. The van der Waals surface area contributed by atoms with Crippen LogP contribution in [-0.2, 0) is 6.54 Å². The lowest BCUT2D eigenvalue weighted by Crippen LogP contribution is -2.26. The molecule has 1 unspecified atom stereocenters. The van der Waals surface area contributed by atoms with Crippen LogP contribution in [0.3, 0.4) is 0 Å². The van der Waals surface area contributed by atoms with E-state index >= 15 is 0 Å². The Balaban J connectivity index is 2.04. The normalized spacial score (nSPS) is 23.1. The van der Waals surface area contributed by atoms with Gasteiger partial charge in [0.2, 0.25) is 0 Å². The molecule has 1 atom stereocenters. The van der Waals surface area contributed by atoms with E-state index in [0.717, 1.165) is 18.7 Å². The number of hydrogen-bond donors (Lipinski definition) is 0. The van der Waals surface area contributed by atoms with Crippen LogP contribution in [0, 0.1) is 0 Å². The molecule has 0 bridgehead atoms. The van der Waals surface area contributed by atoms with Crippen molar-refractivity contribution < 1.29 is 0 Å². The van der Waals surface area contributed by atoms with Gasteiger partial charge in [-0.25, -0.2) is 0 Å². The highest BCUT2D eigenvalue weighted by Crippen LogP contribution is 2.27. The number of para-hydroxylation sites is 1.